The summed E-state index contributed by atoms with van der Waals surface area (Å²) in [5.74, 6) is -0.422. The highest BCUT2D eigenvalue weighted by Crippen LogP contribution is 2.23. The summed E-state index contributed by atoms with van der Waals surface area (Å²) in [7, 11) is 0. The number of para-hydroxylation sites is 2. The molecule has 0 fully saturated rings. The fourth-order valence-corrected chi connectivity index (χ4v) is 1.96. The number of phenols is 1. The smallest absolute Gasteiger partial charge is 0.257 e. The van der Waals surface area contributed by atoms with E-state index in [9.17, 15) is 15.0 Å². The fraction of sp³-hybridized carbons (Fsp3) is 0.167. The molecule has 1 amide bonds. The first-order valence-corrected chi connectivity index (χ1v) is 5.80. The molecule has 0 spiro atoms. The van der Waals surface area contributed by atoms with Crippen molar-refractivity contribution in [3.63, 3.8) is 0 Å². The lowest BCUT2D eigenvalue weighted by molar-refractivity contribution is -0.117. The van der Waals surface area contributed by atoms with Gasteiger partial charge in [0.2, 0.25) is 0 Å². The topological polar surface area (TPSA) is 81.6 Å². The van der Waals surface area contributed by atoms with Crippen LogP contribution in [0.1, 0.15) is 6.42 Å². The summed E-state index contributed by atoms with van der Waals surface area (Å²) in [5.41, 5.74) is 0.445. The van der Waals surface area contributed by atoms with Gasteiger partial charge in [-0.1, -0.05) is 24.4 Å². The Morgan fingerprint density at radius 1 is 1.33 bits per heavy atom. The third kappa shape index (κ3) is 2.43. The van der Waals surface area contributed by atoms with Gasteiger partial charge in [-0.3, -0.25) is 4.79 Å². The number of rotatable bonds is 2. The van der Waals surface area contributed by atoms with Crippen molar-refractivity contribution in [1.82, 2.24) is 5.32 Å². The Kier molecular flexibility index (Phi) is 3.47. The monoisotopic (exact) mass is 264 g/mol. The molecule has 0 aliphatic carbocycles. The molecule has 0 atom stereocenters. The summed E-state index contributed by atoms with van der Waals surface area (Å²) < 4.78 is 0. The van der Waals surface area contributed by atoms with Crippen LogP contribution in [-0.2, 0) is 4.79 Å². The standard InChI is InChI=1S/C12H12N2O3S/c15-8-4-2-1-3-7(8)14-12(18)10-9(16)5-6-13-11(10)17/h1-4,15-16H,5-6H2,(H,13,17)(H,14,18). The minimum absolute atomic E-state index is 0.0242. The first kappa shape index (κ1) is 12.4. The third-order valence-electron chi connectivity index (χ3n) is 2.54. The molecule has 4 N–H and O–H groups in total. The van der Waals surface area contributed by atoms with Gasteiger partial charge in [0, 0.05) is 13.0 Å². The summed E-state index contributed by atoms with van der Waals surface area (Å²) in [5, 5.41) is 24.6. The predicted molar refractivity (Wildman–Crippen MR) is 71.6 cm³/mol. The number of amides is 1. The molecule has 1 aliphatic heterocycles. The van der Waals surface area contributed by atoms with E-state index in [0.717, 1.165) is 0 Å². The van der Waals surface area contributed by atoms with Crippen LogP contribution in [0.3, 0.4) is 0 Å². The molecule has 0 saturated carbocycles. The summed E-state index contributed by atoms with van der Waals surface area (Å²) in [6.45, 7) is 0.396. The van der Waals surface area contributed by atoms with Crippen molar-refractivity contribution in [2.45, 2.75) is 6.42 Å². The molecule has 94 valence electrons. The van der Waals surface area contributed by atoms with E-state index in [-0.39, 0.29) is 22.1 Å². The molecule has 0 saturated heterocycles. The summed E-state index contributed by atoms with van der Waals surface area (Å²) in [4.78, 5) is 11.7. The summed E-state index contributed by atoms with van der Waals surface area (Å²) in [6, 6.07) is 6.52. The Labute approximate surface area is 109 Å². The number of aromatic hydroxyl groups is 1. The second-order valence-electron chi connectivity index (χ2n) is 3.80. The number of thiocarbonyl (C=S) groups is 1. The zero-order chi connectivity index (χ0) is 13.1. The zero-order valence-electron chi connectivity index (χ0n) is 9.43. The van der Waals surface area contributed by atoms with Crippen molar-refractivity contribution in [2.75, 3.05) is 11.9 Å². The highest BCUT2D eigenvalue weighted by atomic mass is 32.1. The number of aliphatic hydroxyl groups excluding tert-OH is 1. The van der Waals surface area contributed by atoms with Crippen LogP contribution in [-0.4, -0.2) is 27.7 Å². The molecule has 1 aromatic carbocycles. The molecular formula is C12H12N2O3S. The number of benzene rings is 1. The van der Waals surface area contributed by atoms with E-state index in [1.54, 1.807) is 18.2 Å². The second kappa shape index (κ2) is 5.05. The molecule has 0 bridgehead atoms. The van der Waals surface area contributed by atoms with Gasteiger partial charge >= 0.3 is 0 Å². The Hall–Kier alpha value is -2.08. The Balaban J connectivity index is 2.23. The lowest BCUT2D eigenvalue weighted by atomic mass is 10.1. The van der Waals surface area contributed by atoms with Crippen molar-refractivity contribution in [3.8, 4) is 5.75 Å². The molecule has 1 aromatic rings. The highest BCUT2D eigenvalue weighted by Gasteiger charge is 2.24. The van der Waals surface area contributed by atoms with Gasteiger partial charge in [0.15, 0.2) is 0 Å². The number of carbonyl (C=O) groups excluding carboxylic acids is 1. The molecule has 1 heterocycles. The minimum Gasteiger partial charge on any atom is -0.511 e. The van der Waals surface area contributed by atoms with E-state index in [0.29, 0.717) is 18.7 Å². The largest absolute Gasteiger partial charge is 0.511 e. The van der Waals surface area contributed by atoms with E-state index in [1.807, 2.05) is 0 Å². The molecule has 6 heteroatoms. The molecule has 2 rings (SSSR count). The van der Waals surface area contributed by atoms with Crippen LogP contribution in [0.5, 0.6) is 5.75 Å². The third-order valence-corrected chi connectivity index (χ3v) is 2.85. The number of hydrogen-bond acceptors (Lipinski definition) is 4. The van der Waals surface area contributed by atoms with Crippen LogP contribution in [0.15, 0.2) is 35.6 Å². The van der Waals surface area contributed by atoms with Crippen molar-refractivity contribution < 1.29 is 15.0 Å². The Morgan fingerprint density at radius 2 is 2.06 bits per heavy atom. The molecule has 1 aliphatic rings. The average Bonchev–Trinajstić information content (AvgIpc) is 2.32. The zero-order valence-corrected chi connectivity index (χ0v) is 10.3. The van der Waals surface area contributed by atoms with Crippen LogP contribution in [0.25, 0.3) is 0 Å². The Bertz CT molecular complexity index is 540. The van der Waals surface area contributed by atoms with Gasteiger partial charge in [-0.05, 0) is 12.1 Å². The molecule has 5 nitrogen and oxygen atoms in total. The molecule has 0 unspecified atom stereocenters. The van der Waals surface area contributed by atoms with Gasteiger partial charge in [-0.15, -0.1) is 0 Å². The highest BCUT2D eigenvalue weighted by molar-refractivity contribution is 7.81. The maximum atomic E-state index is 11.6. The van der Waals surface area contributed by atoms with Gasteiger partial charge < -0.3 is 20.8 Å². The van der Waals surface area contributed by atoms with Gasteiger partial charge in [-0.25, -0.2) is 0 Å². The van der Waals surface area contributed by atoms with E-state index < -0.39 is 5.91 Å². The first-order valence-electron chi connectivity index (χ1n) is 5.39. The van der Waals surface area contributed by atoms with E-state index in [2.05, 4.69) is 10.6 Å². The molecule has 0 radical (unpaired) electrons. The summed E-state index contributed by atoms with van der Waals surface area (Å²) in [6.07, 6.45) is 0.351. The van der Waals surface area contributed by atoms with Crippen LogP contribution in [0.4, 0.5) is 5.69 Å². The number of aliphatic hydroxyl groups is 1. The van der Waals surface area contributed by atoms with E-state index >= 15 is 0 Å². The van der Waals surface area contributed by atoms with Crippen LogP contribution in [0, 0.1) is 0 Å². The van der Waals surface area contributed by atoms with E-state index in [4.69, 9.17) is 12.2 Å². The van der Waals surface area contributed by atoms with Crippen molar-refractivity contribution >= 4 is 28.8 Å². The first-order chi connectivity index (χ1) is 8.59. The number of anilines is 1. The average molecular weight is 264 g/mol. The van der Waals surface area contributed by atoms with Crippen LogP contribution < -0.4 is 10.6 Å². The lowest BCUT2D eigenvalue weighted by Gasteiger charge is -2.18. The van der Waals surface area contributed by atoms with Crippen LogP contribution in [0.2, 0.25) is 0 Å². The second-order valence-corrected chi connectivity index (χ2v) is 4.21. The van der Waals surface area contributed by atoms with Crippen molar-refractivity contribution in [3.05, 3.63) is 35.6 Å². The predicted octanol–water partition coefficient (Wildman–Crippen LogP) is 1.46. The maximum absolute atomic E-state index is 11.6. The number of carbonyl (C=O) groups is 1. The molecule has 0 aromatic heterocycles. The molecular weight excluding hydrogens is 252 g/mol. The van der Waals surface area contributed by atoms with Crippen molar-refractivity contribution in [2.24, 2.45) is 0 Å². The maximum Gasteiger partial charge on any atom is 0.257 e. The van der Waals surface area contributed by atoms with Gasteiger partial charge in [0.05, 0.1) is 5.69 Å². The fourth-order valence-electron chi connectivity index (χ4n) is 1.64. The molecule has 18 heavy (non-hydrogen) atoms. The lowest BCUT2D eigenvalue weighted by Crippen LogP contribution is -2.36. The van der Waals surface area contributed by atoms with Gasteiger partial charge in [-0.2, -0.15) is 0 Å². The van der Waals surface area contributed by atoms with Gasteiger partial charge in [0.25, 0.3) is 5.91 Å². The number of phenolic OH excluding ortho intramolecular Hbond substituents is 1. The van der Waals surface area contributed by atoms with Crippen LogP contribution >= 0.6 is 12.2 Å². The van der Waals surface area contributed by atoms with Crippen molar-refractivity contribution in [1.29, 1.82) is 0 Å². The quantitative estimate of drug-likeness (QED) is 0.480. The van der Waals surface area contributed by atoms with E-state index in [1.165, 1.54) is 6.07 Å². The minimum atomic E-state index is -0.410. The Morgan fingerprint density at radius 3 is 2.72 bits per heavy atom. The SMILES string of the molecule is O=C1NCCC(O)=C1C(=S)Nc1ccccc1O. The normalized spacial score (nSPS) is 15.2. The van der Waals surface area contributed by atoms with Gasteiger partial charge in [0.1, 0.15) is 22.1 Å². The number of hydrogen-bond donors (Lipinski definition) is 4. The number of nitrogens with one attached hydrogen (secondary N) is 2. The summed E-state index contributed by atoms with van der Waals surface area (Å²) >= 11 is 5.07.